The van der Waals surface area contributed by atoms with Crippen LogP contribution in [0.5, 0.6) is 0 Å². The summed E-state index contributed by atoms with van der Waals surface area (Å²) in [5.74, 6) is -2.62. The van der Waals surface area contributed by atoms with E-state index in [1.165, 1.54) is 24.3 Å². The number of nitrogens with two attached hydrogens (primary N) is 1. The minimum atomic E-state index is -1.36. The standard InChI is InChI=1S/C13H9BrF2N2O2/c14-7-5-6(1-2-8(7)15)18-10-4-3-9(16)12(17)11(10)13(19)20/h1-5,18H,17H2,(H,19,20). The van der Waals surface area contributed by atoms with Crippen molar-refractivity contribution >= 4 is 39.0 Å². The number of carbonyl (C=O) groups is 1. The minimum Gasteiger partial charge on any atom is -0.478 e. The number of nitrogen functional groups attached to an aromatic ring is 1. The first-order chi connectivity index (χ1) is 9.40. The van der Waals surface area contributed by atoms with E-state index in [2.05, 4.69) is 21.2 Å². The molecule has 2 aromatic carbocycles. The van der Waals surface area contributed by atoms with Crippen molar-refractivity contribution < 1.29 is 18.7 Å². The molecule has 2 rings (SSSR count). The lowest BCUT2D eigenvalue weighted by atomic mass is 10.1. The summed E-state index contributed by atoms with van der Waals surface area (Å²) in [5, 5.41) is 11.9. The first-order valence-corrected chi connectivity index (χ1v) is 6.23. The zero-order valence-corrected chi connectivity index (χ0v) is 11.5. The van der Waals surface area contributed by atoms with Gasteiger partial charge < -0.3 is 16.2 Å². The number of hydrogen-bond acceptors (Lipinski definition) is 3. The van der Waals surface area contributed by atoms with Crippen molar-refractivity contribution in [3.63, 3.8) is 0 Å². The Morgan fingerprint density at radius 1 is 1.20 bits per heavy atom. The molecule has 0 amide bonds. The number of carboxylic acid groups (broad SMARTS) is 1. The maximum Gasteiger partial charge on any atom is 0.340 e. The molecule has 0 bridgehead atoms. The molecule has 7 heteroatoms. The molecule has 2 aromatic rings. The van der Waals surface area contributed by atoms with Crippen molar-refractivity contribution in [1.82, 2.24) is 0 Å². The molecular weight excluding hydrogens is 334 g/mol. The normalized spacial score (nSPS) is 10.3. The third kappa shape index (κ3) is 2.72. The molecular formula is C13H9BrF2N2O2. The zero-order chi connectivity index (χ0) is 14.9. The highest BCUT2D eigenvalue weighted by atomic mass is 79.9. The zero-order valence-electron chi connectivity index (χ0n) is 9.95. The van der Waals surface area contributed by atoms with Gasteiger partial charge in [-0.3, -0.25) is 0 Å². The summed E-state index contributed by atoms with van der Waals surface area (Å²) in [4.78, 5) is 11.2. The quantitative estimate of drug-likeness (QED) is 0.742. The minimum absolute atomic E-state index is 0.120. The second kappa shape index (κ2) is 5.46. The number of halogens is 3. The van der Waals surface area contributed by atoms with E-state index >= 15 is 0 Å². The van der Waals surface area contributed by atoms with Crippen molar-refractivity contribution in [3.8, 4) is 0 Å². The molecule has 0 radical (unpaired) electrons. The average molecular weight is 343 g/mol. The Morgan fingerprint density at radius 3 is 2.45 bits per heavy atom. The highest BCUT2D eigenvalue weighted by Crippen LogP contribution is 2.29. The smallest absolute Gasteiger partial charge is 0.340 e. The fourth-order valence-electron chi connectivity index (χ4n) is 1.66. The fraction of sp³-hybridized carbons (Fsp3) is 0. The van der Waals surface area contributed by atoms with Crippen LogP contribution < -0.4 is 11.1 Å². The molecule has 0 aliphatic rings. The van der Waals surface area contributed by atoms with E-state index in [9.17, 15) is 13.6 Å². The number of anilines is 3. The maximum absolute atomic E-state index is 13.3. The van der Waals surface area contributed by atoms with E-state index in [1.807, 2.05) is 0 Å². The second-order valence-corrected chi connectivity index (χ2v) is 4.80. The Bertz CT molecular complexity index is 692. The molecule has 0 aromatic heterocycles. The lowest BCUT2D eigenvalue weighted by Gasteiger charge is -2.12. The molecule has 0 saturated carbocycles. The van der Waals surface area contributed by atoms with Crippen molar-refractivity contribution in [1.29, 1.82) is 0 Å². The third-order valence-electron chi connectivity index (χ3n) is 2.60. The highest BCUT2D eigenvalue weighted by molar-refractivity contribution is 9.10. The molecule has 0 fully saturated rings. The highest BCUT2D eigenvalue weighted by Gasteiger charge is 2.17. The maximum atomic E-state index is 13.3. The summed E-state index contributed by atoms with van der Waals surface area (Å²) in [6, 6.07) is 6.38. The van der Waals surface area contributed by atoms with E-state index in [0.29, 0.717) is 5.69 Å². The van der Waals surface area contributed by atoms with Gasteiger partial charge in [-0.25, -0.2) is 13.6 Å². The van der Waals surface area contributed by atoms with Gasteiger partial charge in [0.05, 0.1) is 15.8 Å². The van der Waals surface area contributed by atoms with Gasteiger partial charge in [-0.1, -0.05) is 0 Å². The molecule has 0 saturated heterocycles. The van der Waals surface area contributed by atoms with E-state index < -0.39 is 23.3 Å². The molecule has 4 nitrogen and oxygen atoms in total. The van der Waals surface area contributed by atoms with Gasteiger partial charge in [0.2, 0.25) is 0 Å². The predicted octanol–water partition coefficient (Wildman–Crippen LogP) is 3.75. The third-order valence-corrected chi connectivity index (χ3v) is 3.21. The van der Waals surface area contributed by atoms with Crippen LogP contribution >= 0.6 is 15.9 Å². The summed E-state index contributed by atoms with van der Waals surface area (Å²) in [6.07, 6.45) is 0. The Balaban J connectivity index is 2.45. The molecule has 0 unspecified atom stereocenters. The van der Waals surface area contributed by atoms with Crippen LogP contribution in [-0.4, -0.2) is 11.1 Å². The van der Waals surface area contributed by atoms with Crippen molar-refractivity contribution in [3.05, 3.63) is 52.0 Å². The molecule has 4 N–H and O–H groups in total. The second-order valence-electron chi connectivity index (χ2n) is 3.94. The van der Waals surface area contributed by atoms with Gasteiger partial charge in [0.25, 0.3) is 0 Å². The average Bonchev–Trinajstić information content (AvgIpc) is 2.38. The monoisotopic (exact) mass is 342 g/mol. The van der Waals surface area contributed by atoms with Gasteiger partial charge in [0, 0.05) is 5.69 Å². The fourth-order valence-corrected chi connectivity index (χ4v) is 2.04. The lowest BCUT2D eigenvalue weighted by molar-refractivity contribution is 0.0698. The Hall–Kier alpha value is -2.15. The van der Waals surface area contributed by atoms with Crippen molar-refractivity contribution in [2.45, 2.75) is 0 Å². The first-order valence-electron chi connectivity index (χ1n) is 5.43. The van der Waals surface area contributed by atoms with Crippen LogP contribution in [0.1, 0.15) is 10.4 Å². The van der Waals surface area contributed by atoms with Crippen LogP contribution in [0.15, 0.2) is 34.8 Å². The van der Waals surface area contributed by atoms with Crippen LogP contribution in [0, 0.1) is 11.6 Å². The van der Waals surface area contributed by atoms with Gasteiger partial charge in [-0.15, -0.1) is 0 Å². The Morgan fingerprint density at radius 2 is 1.85 bits per heavy atom. The Kier molecular flexibility index (Phi) is 3.89. The molecule has 20 heavy (non-hydrogen) atoms. The summed E-state index contributed by atoms with van der Waals surface area (Å²) in [7, 11) is 0. The van der Waals surface area contributed by atoms with Crippen LogP contribution in [0.2, 0.25) is 0 Å². The van der Waals surface area contributed by atoms with Gasteiger partial charge in [-0.05, 0) is 46.3 Å². The SMILES string of the molecule is Nc1c(F)ccc(Nc2ccc(F)c(Br)c2)c1C(=O)O. The number of aromatic carboxylic acids is 1. The first kappa shape index (κ1) is 14.3. The van der Waals surface area contributed by atoms with Crippen LogP contribution in [0.4, 0.5) is 25.8 Å². The van der Waals surface area contributed by atoms with Gasteiger partial charge in [0.15, 0.2) is 0 Å². The predicted molar refractivity (Wildman–Crippen MR) is 75.2 cm³/mol. The molecule has 0 atom stereocenters. The van der Waals surface area contributed by atoms with Crippen molar-refractivity contribution in [2.24, 2.45) is 0 Å². The van der Waals surface area contributed by atoms with Gasteiger partial charge >= 0.3 is 5.97 Å². The topological polar surface area (TPSA) is 75.3 Å². The summed E-state index contributed by atoms with van der Waals surface area (Å²) in [5.41, 5.74) is 5.16. The lowest BCUT2D eigenvalue weighted by Crippen LogP contribution is -2.08. The summed E-state index contributed by atoms with van der Waals surface area (Å²) in [6.45, 7) is 0. The number of carboxylic acids is 1. The summed E-state index contributed by atoms with van der Waals surface area (Å²) >= 11 is 3.02. The van der Waals surface area contributed by atoms with E-state index in [4.69, 9.17) is 10.8 Å². The van der Waals surface area contributed by atoms with E-state index in [1.54, 1.807) is 0 Å². The molecule has 0 aliphatic heterocycles. The number of hydrogen-bond donors (Lipinski definition) is 3. The molecule has 0 aliphatic carbocycles. The van der Waals surface area contributed by atoms with E-state index in [-0.39, 0.29) is 15.7 Å². The van der Waals surface area contributed by atoms with Crippen molar-refractivity contribution in [2.75, 3.05) is 11.1 Å². The number of benzene rings is 2. The molecule has 0 spiro atoms. The molecule has 0 heterocycles. The van der Waals surface area contributed by atoms with E-state index in [0.717, 1.165) is 6.07 Å². The summed E-state index contributed by atoms with van der Waals surface area (Å²) < 4.78 is 26.6. The Labute approximate surface area is 121 Å². The van der Waals surface area contributed by atoms with Gasteiger partial charge in [-0.2, -0.15) is 0 Å². The number of nitrogens with one attached hydrogen (secondary N) is 1. The largest absolute Gasteiger partial charge is 0.478 e. The number of rotatable bonds is 3. The van der Waals surface area contributed by atoms with Crippen LogP contribution in [0.25, 0.3) is 0 Å². The molecule has 104 valence electrons. The van der Waals surface area contributed by atoms with Crippen LogP contribution in [-0.2, 0) is 0 Å². The van der Waals surface area contributed by atoms with Crippen LogP contribution in [0.3, 0.4) is 0 Å². The van der Waals surface area contributed by atoms with Gasteiger partial charge in [0.1, 0.15) is 17.2 Å².